The highest BCUT2D eigenvalue weighted by molar-refractivity contribution is 5.87. The third-order valence-corrected chi connectivity index (χ3v) is 5.26. The SMILES string of the molecule is O=C(O)c1cnn(-c2nc3cnn(Cc4ccc(-c5cc(C(F)(F)F)ccc5F)nc4)c3c(=O)[nH]2)c1. The molecule has 5 aromatic rings. The maximum atomic E-state index is 14.2. The minimum atomic E-state index is -4.62. The van der Waals surface area contributed by atoms with Gasteiger partial charge in [0.15, 0.2) is 5.52 Å². The summed E-state index contributed by atoms with van der Waals surface area (Å²) in [6.07, 6.45) is 0.362. The normalized spacial score (nSPS) is 11.8. The summed E-state index contributed by atoms with van der Waals surface area (Å²) >= 11 is 0. The lowest BCUT2D eigenvalue weighted by Crippen LogP contribution is -2.17. The highest BCUT2D eigenvalue weighted by atomic mass is 19.4. The Hall–Kier alpha value is -4.88. The van der Waals surface area contributed by atoms with Crippen LogP contribution in [0.25, 0.3) is 28.2 Å². The van der Waals surface area contributed by atoms with Crippen molar-refractivity contribution in [1.82, 2.24) is 34.5 Å². The molecule has 0 aliphatic rings. The van der Waals surface area contributed by atoms with Crippen molar-refractivity contribution in [2.24, 2.45) is 0 Å². The van der Waals surface area contributed by atoms with Crippen LogP contribution >= 0.6 is 0 Å². The Balaban J connectivity index is 1.43. The summed E-state index contributed by atoms with van der Waals surface area (Å²) in [5.41, 5.74) is -1.04. The van der Waals surface area contributed by atoms with Crippen molar-refractivity contribution in [1.29, 1.82) is 0 Å². The van der Waals surface area contributed by atoms with Gasteiger partial charge in [-0.15, -0.1) is 0 Å². The minimum absolute atomic E-state index is 0.00585. The molecule has 182 valence electrons. The predicted octanol–water partition coefficient (Wildman–Crippen LogP) is 3.27. The molecule has 14 heteroatoms. The zero-order valence-corrected chi connectivity index (χ0v) is 17.9. The van der Waals surface area contributed by atoms with Gasteiger partial charge in [-0.05, 0) is 29.8 Å². The van der Waals surface area contributed by atoms with Gasteiger partial charge in [0.05, 0.1) is 35.8 Å². The average molecular weight is 499 g/mol. The van der Waals surface area contributed by atoms with Gasteiger partial charge < -0.3 is 5.11 Å². The number of rotatable bonds is 5. The molecule has 0 unspecified atom stereocenters. The van der Waals surface area contributed by atoms with Crippen LogP contribution < -0.4 is 5.56 Å². The summed E-state index contributed by atoms with van der Waals surface area (Å²) in [7, 11) is 0. The second kappa shape index (κ2) is 8.41. The third kappa shape index (κ3) is 4.19. The molecular formula is C22H13F4N7O3. The largest absolute Gasteiger partial charge is 0.478 e. The number of aromatic amines is 1. The fourth-order valence-corrected chi connectivity index (χ4v) is 3.52. The van der Waals surface area contributed by atoms with Crippen LogP contribution in [0.1, 0.15) is 21.5 Å². The monoisotopic (exact) mass is 499 g/mol. The molecule has 0 spiro atoms. The van der Waals surface area contributed by atoms with Crippen LogP contribution in [0.4, 0.5) is 17.6 Å². The molecule has 0 amide bonds. The third-order valence-electron chi connectivity index (χ3n) is 5.26. The van der Waals surface area contributed by atoms with E-state index in [0.717, 1.165) is 16.9 Å². The van der Waals surface area contributed by atoms with E-state index < -0.39 is 29.1 Å². The zero-order chi connectivity index (χ0) is 25.6. The molecule has 4 heterocycles. The number of carbonyl (C=O) groups is 1. The number of nitrogens with zero attached hydrogens (tertiary/aromatic N) is 6. The standard InChI is InChI=1S/C22H13F4N7O3/c23-15-3-2-13(22(24,25)26)5-14(15)16-4-1-11(6-27-16)9-32-18-17(8-29-32)30-21(31-19(18)34)33-10-12(7-28-33)20(35)36/h1-8,10H,9H2,(H,35,36)(H,30,31,34). The summed E-state index contributed by atoms with van der Waals surface area (Å²) in [5, 5.41) is 17.0. The van der Waals surface area contributed by atoms with E-state index in [2.05, 4.69) is 25.1 Å². The molecule has 0 radical (unpaired) electrons. The number of pyridine rings is 1. The molecule has 2 N–H and O–H groups in total. The number of carboxylic acid groups (broad SMARTS) is 1. The van der Waals surface area contributed by atoms with Crippen LogP contribution in [0.15, 0.2) is 59.9 Å². The number of halogens is 4. The summed E-state index contributed by atoms with van der Waals surface area (Å²) in [4.78, 5) is 34.6. The van der Waals surface area contributed by atoms with E-state index in [1.807, 2.05) is 0 Å². The first-order valence-electron chi connectivity index (χ1n) is 10.2. The number of alkyl halides is 3. The number of aromatic nitrogens is 7. The smallest absolute Gasteiger partial charge is 0.416 e. The molecule has 0 aliphatic carbocycles. The number of nitrogens with one attached hydrogen (secondary N) is 1. The molecule has 0 atom stereocenters. The minimum Gasteiger partial charge on any atom is -0.478 e. The predicted molar refractivity (Wildman–Crippen MR) is 116 cm³/mol. The molecule has 36 heavy (non-hydrogen) atoms. The maximum Gasteiger partial charge on any atom is 0.416 e. The van der Waals surface area contributed by atoms with Gasteiger partial charge in [-0.2, -0.15) is 23.4 Å². The van der Waals surface area contributed by atoms with E-state index in [0.29, 0.717) is 17.7 Å². The second-order valence-corrected chi connectivity index (χ2v) is 7.65. The maximum absolute atomic E-state index is 14.2. The Morgan fingerprint density at radius 1 is 1.08 bits per heavy atom. The Labute approximate surface area is 197 Å². The Bertz CT molecular complexity index is 1670. The highest BCUT2D eigenvalue weighted by Gasteiger charge is 2.31. The first-order chi connectivity index (χ1) is 17.1. The van der Waals surface area contributed by atoms with Gasteiger partial charge in [0, 0.05) is 18.0 Å². The average Bonchev–Trinajstić information content (AvgIpc) is 3.47. The Morgan fingerprint density at radius 2 is 1.89 bits per heavy atom. The second-order valence-electron chi connectivity index (χ2n) is 7.65. The number of fused-ring (bicyclic) bond motifs is 1. The van der Waals surface area contributed by atoms with E-state index in [4.69, 9.17) is 5.11 Å². The molecule has 10 nitrogen and oxygen atoms in total. The van der Waals surface area contributed by atoms with Crippen LogP contribution in [0.3, 0.4) is 0 Å². The van der Waals surface area contributed by atoms with Crippen LogP contribution in [-0.2, 0) is 12.7 Å². The number of hydrogen-bond donors (Lipinski definition) is 2. The number of hydrogen-bond acceptors (Lipinski definition) is 6. The molecule has 1 aromatic carbocycles. The van der Waals surface area contributed by atoms with Crippen molar-refractivity contribution in [2.45, 2.75) is 12.7 Å². The number of H-pyrrole nitrogens is 1. The van der Waals surface area contributed by atoms with Crippen molar-refractivity contribution in [2.75, 3.05) is 0 Å². The van der Waals surface area contributed by atoms with Crippen LogP contribution in [0.2, 0.25) is 0 Å². The van der Waals surface area contributed by atoms with E-state index in [9.17, 15) is 27.2 Å². The lowest BCUT2D eigenvalue weighted by molar-refractivity contribution is -0.137. The molecule has 4 aromatic heterocycles. The van der Waals surface area contributed by atoms with E-state index in [1.165, 1.54) is 35.4 Å². The van der Waals surface area contributed by atoms with Gasteiger partial charge in [-0.1, -0.05) is 6.07 Å². The molecule has 0 fully saturated rings. The first-order valence-corrected chi connectivity index (χ1v) is 10.2. The molecule has 0 aliphatic heterocycles. The van der Waals surface area contributed by atoms with Gasteiger partial charge in [0.1, 0.15) is 11.3 Å². The van der Waals surface area contributed by atoms with Gasteiger partial charge in [0.2, 0.25) is 5.95 Å². The highest BCUT2D eigenvalue weighted by Crippen LogP contribution is 2.33. The van der Waals surface area contributed by atoms with Crippen molar-refractivity contribution in [3.05, 3.63) is 88.0 Å². The molecule has 0 saturated heterocycles. The fourth-order valence-electron chi connectivity index (χ4n) is 3.52. The lowest BCUT2D eigenvalue weighted by Gasteiger charge is -2.10. The Kier molecular flexibility index (Phi) is 5.35. The fraction of sp³-hybridized carbons (Fsp3) is 0.0909. The molecular weight excluding hydrogens is 486 g/mol. The van der Waals surface area contributed by atoms with Crippen molar-refractivity contribution in [3.63, 3.8) is 0 Å². The van der Waals surface area contributed by atoms with Crippen molar-refractivity contribution < 1.29 is 27.5 Å². The molecule has 0 bridgehead atoms. The van der Waals surface area contributed by atoms with Crippen LogP contribution in [-0.4, -0.2) is 45.6 Å². The van der Waals surface area contributed by atoms with Crippen molar-refractivity contribution >= 4 is 17.0 Å². The molecule has 0 saturated carbocycles. The molecule has 5 rings (SSSR count). The van der Waals surface area contributed by atoms with E-state index in [-0.39, 0.29) is 40.3 Å². The number of aromatic carboxylic acids is 1. The van der Waals surface area contributed by atoms with Crippen LogP contribution in [0, 0.1) is 5.82 Å². The summed E-state index contributed by atoms with van der Waals surface area (Å²) in [6.45, 7) is 0.0664. The quantitative estimate of drug-likeness (QED) is 0.355. The first kappa shape index (κ1) is 22.9. The number of carboxylic acids is 1. The summed E-state index contributed by atoms with van der Waals surface area (Å²) in [6, 6.07) is 4.99. The zero-order valence-electron chi connectivity index (χ0n) is 17.9. The topological polar surface area (TPSA) is 132 Å². The van der Waals surface area contributed by atoms with Crippen molar-refractivity contribution in [3.8, 4) is 17.2 Å². The van der Waals surface area contributed by atoms with Gasteiger partial charge in [-0.3, -0.25) is 19.4 Å². The van der Waals surface area contributed by atoms with Crippen LogP contribution in [0.5, 0.6) is 0 Å². The van der Waals surface area contributed by atoms with E-state index >= 15 is 0 Å². The van der Waals surface area contributed by atoms with Gasteiger partial charge >= 0.3 is 12.1 Å². The van der Waals surface area contributed by atoms with Gasteiger partial charge in [0.25, 0.3) is 5.56 Å². The Morgan fingerprint density at radius 3 is 2.56 bits per heavy atom. The van der Waals surface area contributed by atoms with Gasteiger partial charge in [-0.25, -0.2) is 18.9 Å². The summed E-state index contributed by atoms with van der Waals surface area (Å²) < 4.78 is 55.6. The lowest BCUT2D eigenvalue weighted by atomic mass is 10.1. The van der Waals surface area contributed by atoms with E-state index in [1.54, 1.807) is 0 Å². The number of benzene rings is 1. The summed E-state index contributed by atoms with van der Waals surface area (Å²) in [5.74, 6) is -2.04.